The fourth-order valence-corrected chi connectivity index (χ4v) is 2.59. The fourth-order valence-electron chi connectivity index (χ4n) is 2.04. The van der Waals surface area contributed by atoms with E-state index in [1.807, 2.05) is 12.1 Å². The van der Waals surface area contributed by atoms with Crippen LogP contribution in [-0.2, 0) is 10.8 Å². The molecule has 5 heteroatoms. The van der Waals surface area contributed by atoms with Crippen molar-refractivity contribution in [1.29, 1.82) is 0 Å². The molecule has 1 aromatic rings. The van der Waals surface area contributed by atoms with Crippen LogP contribution in [0.3, 0.4) is 0 Å². The second-order valence-corrected chi connectivity index (χ2v) is 6.26. The summed E-state index contributed by atoms with van der Waals surface area (Å²) in [5.74, 6) is 2.40. The monoisotopic (exact) mass is 283 g/mol. The number of fused-ring (bicyclic) bond motifs is 1. The minimum absolute atomic E-state index is 0.251. The highest BCUT2D eigenvalue weighted by Crippen LogP contribution is 2.32. The summed E-state index contributed by atoms with van der Waals surface area (Å²) in [6.45, 7) is 4.22. The predicted octanol–water partition coefficient (Wildman–Crippen LogP) is 1.88. The molecule has 0 amide bonds. The van der Waals surface area contributed by atoms with Gasteiger partial charge in [-0.05, 0) is 37.6 Å². The van der Waals surface area contributed by atoms with Crippen LogP contribution in [0.4, 0.5) is 0 Å². The van der Waals surface area contributed by atoms with E-state index < -0.39 is 10.8 Å². The highest BCUT2D eigenvalue weighted by Gasteiger charge is 2.14. The second kappa shape index (κ2) is 6.91. The lowest BCUT2D eigenvalue weighted by Gasteiger charge is -2.21. The number of rotatable bonds is 6. The van der Waals surface area contributed by atoms with Crippen molar-refractivity contribution in [3.8, 4) is 11.5 Å². The smallest absolute Gasteiger partial charge is 0.161 e. The average Bonchev–Trinajstić information content (AvgIpc) is 2.42. The first-order valence-electron chi connectivity index (χ1n) is 6.60. The quantitative estimate of drug-likeness (QED) is 0.810. The van der Waals surface area contributed by atoms with Crippen LogP contribution in [0.5, 0.6) is 11.5 Å². The Morgan fingerprint density at radius 1 is 1.32 bits per heavy atom. The van der Waals surface area contributed by atoms with Crippen LogP contribution in [0.15, 0.2) is 18.2 Å². The summed E-state index contributed by atoms with van der Waals surface area (Å²) in [5, 5.41) is 3.43. The second-order valence-electron chi connectivity index (χ2n) is 4.71. The highest BCUT2D eigenvalue weighted by molar-refractivity contribution is 7.84. The molecule has 2 unspecified atom stereocenters. The Bertz CT molecular complexity index is 450. The third-order valence-electron chi connectivity index (χ3n) is 3.13. The van der Waals surface area contributed by atoms with Gasteiger partial charge in [-0.15, -0.1) is 0 Å². The Balaban J connectivity index is 1.88. The van der Waals surface area contributed by atoms with E-state index >= 15 is 0 Å². The molecule has 1 N–H and O–H groups in total. The molecule has 0 bridgehead atoms. The molecule has 2 atom stereocenters. The maximum absolute atomic E-state index is 11.0. The molecule has 1 aliphatic rings. The van der Waals surface area contributed by atoms with Crippen molar-refractivity contribution in [1.82, 2.24) is 5.32 Å². The van der Waals surface area contributed by atoms with Crippen LogP contribution < -0.4 is 14.8 Å². The van der Waals surface area contributed by atoms with Crippen LogP contribution in [0.2, 0.25) is 0 Å². The Morgan fingerprint density at radius 3 is 2.79 bits per heavy atom. The lowest BCUT2D eigenvalue weighted by molar-refractivity contribution is 0.171. The third kappa shape index (κ3) is 4.21. The van der Waals surface area contributed by atoms with Crippen molar-refractivity contribution in [3.05, 3.63) is 23.8 Å². The molecule has 1 heterocycles. The van der Waals surface area contributed by atoms with Gasteiger partial charge in [-0.2, -0.15) is 0 Å². The normalized spacial score (nSPS) is 16.9. The van der Waals surface area contributed by atoms with Gasteiger partial charge in [0.25, 0.3) is 0 Å². The molecule has 0 aliphatic carbocycles. The number of hydrogen-bond acceptors (Lipinski definition) is 4. The molecule has 4 nitrogen and oxygen atoms in total. The van der Waals surface area contributed by atoms with Gasteiger partial charge in [0.15, 0.2) is 11.5 Å². The predicted molar refractivity (Wildman–Crippen MR) is 77.4 cm³/mol. The van der Waals surface area contributed by atoms with E-state index in [0.717, 1.165) is 30.2 Å². The summed E-state index contributed by atoms with van der Waals surface area (Å²) in [5.41, 5.74) is 1.18. The van der Waals surface area contributed by atoms with Gasteiger partial charge in [0.2, 0.25) is 0 Å². The minimum atomic E-state index is -0.703. The van der Waals surface area contributed by atoms with Crippen molar-refractivity contribution >= 4 is 10.8 Å². The van der Waals surface area contributed by atoms with Crippen LogP contribution in [0, 0.1) is 0 Å². The molecule has 0 aromatic heterocycles. The zero-order chi connectivity index (χ0) is 13.7. The van der Waals surface area contributed by atoms with Gasteiger partial charge < -0.3 is 14.8 Å². The number of benzene rings is 1. The van der Waals surface area contributed by atoms with E-state index in [2.05, 4.69) is 18.3 Å². The first kappa shape index (κ1) is 14.3. The van der Waals surface area contributed by atoms with Crippen LogP contribution in [0.1, 0.15) is 24.9 Å². The van der Waals surface area contributed by atoms with E-state index in [0.29, 0.717) is 13.2 Å². The molecule has 0 saturated heterocycles. The van der Waals surface area contributed by atoms with Crippen molar-refractivity contribution in [2.75, 3.05) is 31.8 Å². The first-order chi connectivity index (χ1) is 9.16. The lowest BCUT2D eigenvalue weighted by atomic mass is 10.1. The maximum Gasteiger partial charge on any atom is 0.161 e. The number of ether oxygens (including phenoxy) is 2. The zero-order valence-corrected chi connectivity index (χ0v) is 12.3. The molecule has 19 heavy (non-hydrogen) atoms. The van der Waals surface area contributed by atoms with E-state index in [1.54, 1.807) is 6.26 Å². The van der Waals surface area contributed by atoms with Crippen LogP contribution in [-0.4, -0.2) is 36.0 Å². The third-order valence-corrected chi connectivity index (χ3v) is 3.99. The standard InChI is InChI=1S/C14H21NO3S/c1-11(15-6-3-9-19(2)16)12-4-5-13-14(10-12)18-8-7-17-13/h4-5,10-11,15H,3,6-9H2,1-2H3. The van der Waals surface area contributed by atoms with Crippen molar-refractivity contribution in [2.45, 2.75) is 19.4 Å². The van der Waals surface area contributed by atoms with Crippen LogP contribution in [0.25, 0.3) is 0 Å². The molecule has 0 spiro atoms. The van der Waals surface area contributed by atoms with E-state index in [1.165, 1.54) is 5.56 Å². The van der Waals surface area contributed by atoms with Gasteiger partial charge >= 0.3 is 0 Å². The molecule has 0 radical (unpaired) electrons. The summed E-state index contributed by atoms with van der Waals surface area (Å²) < 4.78 is 22.1. The first-order valence-corrected chi connectivity index (χ1v) is 8.32. The Hall–Kier alpha value is -1.07. The summed E-state index contributed by atoms with van der Waals surface area (Å²) in [4.78, 5) is 0. The van der Waals surface area contributed by atoms with Gasteiger partial charge in [0, 0.05) is 28.9 Å². The molecular weight excluding hydrogens is 262 g/mol. The summed E-state index contributed by atoms with van der Waals surface area (Å²) in [7, 11) is -0.703. The Morgan fingerprint density at radius 2 is 2.05 bits per heavy atom. The Labute approximate surface area is 116 Å². The van der Waals surface area contributed by atoms with E-state index in [-0.39, 0.29) is 6.04 Å². The summed E-state index contributed by atoms with van der Waals surface area (Å²) in [6.07, 6.45) is 2.67. The fraction of sp³-hybridized carbons (Fsp3) is 0.571. The summed E-state index contributed by atoms with van der Waals surface area (Å²) in [6, 6.07) is 6.30. The van der Waals surface area contributed by atoms with Gasteiger partial charge in [-0.25, -0.2) is 0 Å². The van der Waals surface area contributed by atoms with Gasteiger partial charge in [-0.3, -0.25) is 4.21 Å². The largest absolute Gasteiger partial charge is 0.486 e. The van der Waals surface area contributed by atoms with Gasteiger partial charge in [0.1, 0.15) is 13.2 Å². The molecule has 2 rings (SSSR count). The molecule has 1 aromatic carbocycles. The van der Waals surface area contributed by atoms with Gasteiger partial charge in [-0.1, -0.05) is 6.07 Å². The SMILES string of the molecule is CC(NCCCS(C)=O)c1ccc2c(c1)OCCO2. The molecule has 0 saturated carbocycles. The van der Waals surface area contributed by atoms with Gasteiger partial charge in [0.05, 0.1) is 0 Å². The van der Waals surface area contributed by atoms with E-state index in [4.69, 9.17) is 9.47 Å². The molecule has 0 fully saturated rings. The Kier molecular flexibility index (Phi) is 5.22. The average molecular weight is 283 g/mol. The molecule has 106 valence electrons. The van der Waals surface area contributed by atoms with Crippen molar-refractivity contribution in [2.24, 2.45) is 0 Å². The molecular formula is C14H21NO3S. The topological polar surface area (TPSA) is 47.6 Å². The summed E-state index contributed by atoms with van der Waals surface area (Å²) >= 11 is 0. The minimum Gasteiger partial charge on any atom is -0.486 e. The zero-order valence-electron chi connectivity index (χ0n) is 11.5. The van der Waals surface area contributed by atoms with Crippen molar-refractivity contribution < 1.29 is 13.7 Å². The van der Waals surface area contributed by atoms with Crippen molar-refractivity contribution in [3.63, 3.8) is 0 Å². The lowest BCUT2D eigenvalue weighted by Crippen LogP contribution is -2.21. The number of hydrogen-bond donors (Lipinski definition) is 1. The van der Waals surface area contributed by atoms with E-state index in [9.17, 15) is 4.21 Å². The maximum atomic E-state index is 11.0. The molecule has 1 aliphatic heterocycles. The van der Waals surface area contributed by atoms with Crippen LogP contribution >= 0.6 is 0 Å². The number of nitrogens with one attached hydrogen (secondary N) is 1. The highest BCUT2D eigenvalue weighted by atomic mass is 32.2.